The topological polar surface area (TPSA) is 0 Å². The van der Waals surface area contributed by atoms with Crippen LogP contribution in [-0.4, -0.2) is 5.37 Å². The maximum atomic E-state index is 4.81. The number of hydrogen-bond acceptors (Lipinski definition) is 1. The summed E-state index contributed by atoms with van der Waals surface area (Å²) in [5.41, 5.74) is 0. The molecule has 0 bridgehead atoms. The fourth-order valence-corrected chi connectivity index (χ4v) is 1.83. The molecule has 0 radical (unpaired) electrons. The largest absolute Gasteiger partial charge is 0.0935 e. The summed E-state index contributed by atoms with van der Waals surface area (Å²) >= 11 is 4.81. The molecule has 1 aliphatic rings. The highest BCUT2D eigenvalue weighted by Crippen LogP contribution is 2.25. The molecule has 0 atom stereocenters. The summed E-state index contributed by atoms with van der Waals surface area (Å²) in [7, 11) is 0. The fraction of sp³-hybridized carbons (Fsp3) is 0.875. The van der Waals surface area contributed by atoms with Crippen LogP contribution in [0, 0.1) is 5.92 Å². The van der Waals surface area contributed by atoms with Crippen LogP contribution in [0.2, 0.25) is 0 Å². The van der Waals surface area contributed by atoms with E-state index in [9.17, 15) is 0 Å². The molecule has 0 unspecified atom stereocenters. The molecule has 1 aliphatic carbocycles. The van der Waals surface area contributed by atoms with Crippen molar-refractivity contribution in [1.29, 1.82) is 0 Å². The zero-order chi connectivity index (χ0) is 6.53. The summed E-state index contributed by atoms with van der Waals surface area (Å²) in [6.45, 7) is 0. The maximum absolute atomic E-state index is 4.81. The van der Waals surface area contributed by atoms with Gasteiger partial charge in [-0.15, -0.1) is 0 Å². The van der Waals surface area contributed by atoms with E-state index in [1.54, 1.807) is 0 Å². The van der Waals surface area contributed by atoms with E-state index < -0.39 is 0 Å². The van der Waals surface area contributed by atoms with Crippen LogP contribution >= 0.6 is 12.2 Å². The molecule has 0 heterocycles. The minimum Gasteiger partial charge on any atom is -0.0935 e. The standard InChI is InChI=1S/C8H14S/c9-7-6-8-4-2-1-3-5-8/h7-8H,1-6H2. The quantitative estimate of drug-likeness (QED) is 0.534. The first-order valence-corrected chi connectivity index (χ1v) is 4.34. The third-order valence-corrected chi connectivity index (χ3v) is 2.35. The van der Waals surface area contributed by atoms with Gasteiger partial charge in [0.15, 0.2) is 0 Å². The predicted octanol–water partition coefficient (Wildman–Crippen LogP) is 2.96. The van der Waals surface area contributed by atoms with Crippen molar-refractivity contribution in [3.8, 4) is 0 Å². The van der Waals surface area contributed by atoms with E-state index in [2.05, 4.69) is 0 Å². The van der Waals surface area contributed by atoms with Crippen LogP contribution in [0.15, 0.2) is 0 Å². The molecule has 0 aliphatic heterocycles. The van der Waals surface area contributed by atoms with Gasteiger partial charge in [-0.25, -0.2) is 0 Å². The van der Waals surface area contributed by atoms with Gasteiger partial charge in [0.1, 0.15) is 0 Å². The van der Waals surface area contributed by atoms with Crippen LogP contribution in [0.5, 0.6) is 0 Å². The van der Waals surface area contributed by atoms with Gasteiger partial charge in [-0.05, 0) is 17.7 Å². The minimum absolute atomic E-state index is 0.941. The van der Waals surface area contributed by atoms with Crippen molar-refractivity contribution in [3.63, 3.8) is 0 Å². The molecule has 9 heavy (non-hydrogen) atoms. The lowest BCUT2D eigenvalue weighted by Crippen LogP contribution is -2.05. The Bertz CT molecular complexity index is 82.6. The monoisotopic (exact) mass is 142 g/mol. The summed E-state index contributed by atoms with van der Waals surface area (Å²) in [6.07, 6.45) is 8.35. The molecule has 0 spiro atoms. The van der Waals surface area contributed by atoms with E-state index in [0.29, 0.717) is 0 Å². The van der Waals surface area contributed by atoms with Crippen LogP contribution in [-0.2, 0) is 0 Å². The lowest BCUT2D eigenvalue weighted by atomic mass is 9.88. The van der Waals surface area contributed by atoms with E-state index >= 15 is 0 Å². The highest BCUT2D eigenvalue weighted by molar-refractivity contribution is 7.78. The van der Waals surface area contributed by atoms with E-state index in [0.717, 1.165) is 5.92 Å². The zero-order valence-corrected chi connectivity index (χ0v) is 6.62. The Hall–Kier alpha value is 0.0900. The Balaban J connectivity index is 2.15. The van der Waals surface area contributed by atoms with Gasteiger partial charge in [-0.3, -0.25) is 0 Å². The summed E-state index contributed by atoms with van der Waals surface area (Å²) in [6, 6.07) is 0. The summed E-state index contributed by atoms with van der Waals surface area (Å²) in [5, 5.41) is 1.90. The van der Waals surface area contributed by atoms with E-state index in [4.69, 9.17) is 12.2 Å². The molecule has 0 nitrogen and oxygen atoms in total. The molecule has 0 saturated heterocycles. The second-order valence-electron chi connectivity index (χ2n) is 2.91. The van der Waals surface area contributed by atoms with Crippen LogP contribution < -0.4 is 0 Å². The smallest absolute Gasteiger partial charge is 0.0208 e. The van der Waals surface area contributed by atoms with Gasteiger partial charge in [-0.2, -0.15) is 0 Å². The molecule has 0 aromatic carbocycles. The van der Waals surface area contributed by atoms with Crippen molar-refractivity contribution < 1.29 is 0 Å². The third-order valence-electron chi connectivity index (χ3n) is 2.15. The molecule has 1 rings (SSSR count). The highest BCUT2D eigenvalue weighted by Gasteiger charge is 2.10. The Labute approximate surface area is 62.6 Å². The van der Waals surface area contributed by atoms with Gasteiger partial charge in [0, 0.05) is 0 Å². The summed E-state index contributed by atoms with van der Waals surface area (Å²) in [5.74, 6) is 0.941. The SMILES string of the molecule is S=CCC1CCCCC1. The van der Waals surface area contributed by atoms with E-state index in [1.807, 2.05) is 5.37 Å². The zero-order valence-electron chi connectivity index (χ0n) is 5.81. The first kappa shape index (κ1) is 7.20. The van der Waals surface area contributed by atoms with Gasteiger partial charge >= 0.3 is 0 Å². The molecule has 0 N–H and O–H groups in total. The molecule has 0 amide bonds. The normalized spacial score (nSPS) is 21.8. The lowest BCUT2D eigenvalue weighted by molar-refractivity contribution is 0.371. The van der Waals surface area contributed by atoms with Crippen molar-refractivity contribution in [2.45, 2.75) is 38.5 Å². The fourth-order valence-electron chi connectivity index (χ4n) is 1.56. The molecular formula is C8H14S. The first-order valence-electron chi connectivity index (χ1n) is 3.87. The van der Waals surface area contributed by atoms with Crippen molar-refractivity contribution >= 4 is 17.6 Å². The highest BCUT2D eigenvalue weighted by atomic mass is 32.1. The van der Waals surface area contributed by atoms with Gasteiger partial charge in [0.2, 0.25) is 0 Å². The van der Waals surface area contributed by atoms with Gasteiger partial charge in [-0.1, -0.05) is 44.3 Å². The number of rotatable bonds is 2. The van der Waals surface area contributed by atoms with Crippen molar-refractivity contribution in [1.82, 2.24) is 0 Å². The maximum Gasteiger partial charge on any atom is -0.0208 e. The molecule has 0 aromatic rings. The molecule has 52 valence electrons. The molecular weight excluding hydrogens is 128 g/mol. The van der Waals surface area contributed by atoms with E-state index in [-0.39, 0.29) is 0 Å². The second kappa shape index (κ2) is 3.99. The van der Waals surface area contributed by atoms with Crippen molar-refractivity contribution in [2.24, 2.45) is 5.92 Å². The van der Waals surface area contributed by atoms with E-state index in [1.165, 1.54) is 38.5 Å². The summed E-state index contributed by atoms with van der Waals surface area (Å²) in [4.78, 5) is 0. The second-order valence-corrected chi connectivity index (χ2v) is 3.24. The lowest BCUT2D eigenvalue weighted by Gasteiger charge is -2.18. The Kier molecular flexibility index (Phi) is 3.20. The van der Waals surface area contributed by atoms with Crippen molar-refractivity contribution in [2.75, 3.05) is 0 Å². The van der Waals surface area contributed by atoms with Crippen LogP contribution in [0.25, 0.3) is 0 Å². The Morgan fingerprint density at radius 3 is 2.44 bits per heavy atom. The molecule has 1 saturated carbocycles. The van der Waals surface area contributed by atoms with Gasteiger partial charge < -0.3 is 0 Å². The van der Waals surface area contributed by atoms with Crippen LogP contribution in [0.4, 0.5) is 0 Å². The van der Waals surface area contributed by atoms with Gasteiger partial charge in [0.25, 0.3) is 0 Å². The minimum atomic E-state index is 0.941. The summed E-state index contributed by atoms with van der Waals surface area (Å²) < 4.78 is 0. The first-order chi connectivity index (χ1) is 4.43. The third kappa shape index (κ3) is 2.44. The average Bonchev–Trinajstić information content (AvgIpc) is 1.91. The molecule has 1 fully saturated rings. The Morgan fingerprint density at radius 2 is 1.89 bits per heavy atom. The predicted molar refractivity (Wildman–Crippen MR) is 44.8 cm³/mol. The van der Waals surface area contributed by atoms with Crippen LogP contribution in [0.1, 0.15) is 38.5 Å². The number of hydrogen-bond donors (Lipinski definition) is 0. The number of thiocarbonyl (C=S) groups is 1. The molecule has 1 heteroatoms. The average molecular weight is 142 g/mol. The van der Waals surface area contributed by atoms with Gasteiger partial charge in [0.05, 0.1) is 0 Å². The molecule has 0 aromatic heterocycles. The van der Waals surface area contributed by atoms with Crippen LogP contribution in [0.3, 0.4) is 0 Å². The Morgan fingerprint density at radius 1 is 1.22 bits per heavy atom. The van der Waals surface area contributed by atoms with Crippen molar-refractivity contribution in [3.05, 3.63) is 0 Å².